The Kier molecular flexibility index (Phi) is 6.32. The van der Waals surface area contributed by atoms with Crippen LogP contribution in [-0.4, -0.2) is 48.3 Å². The highest BCUT2D eigenvalue weighted by Gasteiger charge is 2.22. The van der Waals surface area contributed by atoms with E-state index in [1.165, 1.54) is 18.4 Å². The molecule has 2 heterocycles. The molecule has 2 rings (SSSR count). The maximum atomic E-state index is 11.3. The number of carbonyl (C=O) groups excluding carboxylic acids is 1. The van der Waals surface area contributed by atoms with E-state index in [1.54, 1.807) is 6.20 Å². The molecule has 1 aromatic rings. The fraction of sp³-hybridized carbons (Fsp3) is 0.600. The van der Waals surface area contributed by atoms with Crippen LogP contribution in [0.2, 0.25) is 0 Å². The van der Waals surface area contributed by atoms with Crippen LogP contribution >= 0.6 is 12.6 Å². The Morgan fingerprint density at radius 1 is 1.57 bits per heavy atom. The molecule has 116 valence electrons. The van der Waals surface area contributed by atoms with E-state index in [2.05, 4.69) is 40.9 Å². The SMILES string of the molecule is CN1CCC[C@H]1c1cncc(OCCNC(=O)CCS)c1. The lowest BCUT2D eigenvalue weighted by Crippen LogP contribution is -2.28. The van der Waals surface area contributed by atoms with Crippen LogP contribution in [0.15, 0.2) is 18.5 Å². The van der Waals surface area contributed by atoms with Gasteiger partial charge in [-0.3, -0.25) is 14.7 Å². The predicted molar refractivity (Wildman–Crippen MR) is 85.8 cm³/mol. The van der Waals surface area contributed by atoms with Crippen LogP contribution in [0, 0.1) is 0 Å². The molecule has 0 bridgehead atoms. The third-order valence-electron chi connectivity index (χ3n) is 3.67. The van der Waals surface area contributed by atoms with Crippen molar-refractivity contribution >= 4 is 18.5 Å². The van der Waals surface area contributed by atoms with Gasteiger partial charge in [0.25, 0.3) is 0 Å². The Bertz CT molecular complexity index is 470. The molecule has 0 aliphatic carbocycles. The van der Waals surface area contributed by atoms with E-state index in [0.717, 1.165) is 12.3 Å². The van der Waals surface area contributed by atoms with E-state index in [0.29, 0.717) is 31.4 Å². The highest BCUT2D eigenvalue weighted by molar-refractivity contribution is 7.80. The van der Waals surface area contributed by atoms with Gasteiger partial charge in [0.2, 0.25) is 5.91 Å². The monoisotopic (exact) mass is 309 g/mol. The summed E-state index contributed by atoms with van der Waals surface area (Å²) in [5.74, 6) is 1.33. The topological polar surface area (TPSA) is 54.5 Å². The normalized spacial score (nSPS) is 18.7. The molecule has 0 radical (unpaired) electrons. The zero-order valence-corrected chi connectivity index (χ0v) is 13.3. The summed E-state index contributed by atoms with van der Waals surface area (Å²) in [6, 6.07) is 2.49. The van der Waals surface area contributed by atoms with Crippen LogP contribution in [-0.2, 0) is 4.79 Å². The Hall–Kier alpha value is -1.27. The molecule has 5 nitrogen and oxygen atoms in total. The number of rotatable bonds is 7. The fourth-order valence-electron chi connectivity index (χ4n) is 2.58. The van der Waals surface area contributed by atoms with E-state index >= 15 is 0 Å². The van der Waals surface area contributed by atoms with E-state index in [4.69, 9.17) is 4.74 Å². The minimum atomic E-state index is 0.00746. The van der Waals surface area contributed by atoms with Gasteiger partial charge in [-0.1, -0.05) is 0 Å². The molecule has 0 unspecified atom stereocenters. The first-order valence-corrected chi connectivity index (χ1v) is 7.99. The smallest absolute Gasteiger partial charge is 0.220 e. The second-order valence-corrected chi connectivity index (χ2v) is 5.71. The average molecular weight is 309 g/mol. The molecule has 1 fully saturated rings. The molecule has 0 spiro atoms. The second-order valence-electron chi connectivity index (χ2n) is 5.26. The molecule has 21 heavy (non-hydrogen) atoms. The lowest BCUT2D eigenvalue weighted by molar-refractivity contribution is -0.120. The fourth-order valence-corrected chi connectivity index (χ4v) is 2.78. The summed E-state index contributed by atoms with van der Waals surface area (Å²) >= 11 is 4.02. The Morgan fingerprint density at radius 2 is 2.43 bits per heavy atom. The first kappa shape index (κ1) is 16.1. The van der Waals surface area contributed by atoms with Crippen LogP contribution in [0.5, 0.6) is 5.75 Å². The number of nitrogens with one attached hydrogen (secondary N) is 1. The van der Waals surface area contributed by atoms with Gasteiger partial charge >= 0.3 is 0 Å². The summed E-state index contributed by atoms with van der Waals surface area (Å²) < 4.78 is 5.66. The number of aromatic nitrogens is 1. The van der Waals surface area contributed by atoms with E-state index in [-0.39, 0.29) is 5.91 Å². The lowest BCUT2D eigenvalue weighted by Gasteiger charge is -2.19. The number of carbonyl (C=O) groups is 1. The summed E-state index contributed by atoms with van der Waals surface area (Å²) in [7, 11) is 2.14. The molecule has 0 aromatic carbocycles. The maximum Gasteiger partial charge on any atom is 0.220 e. The van der Waals surface area contributed by atoms with E-state index in [9.17, 15) is 4.79 Å². The molecule has 0 saturated carbocycles. The highest BCUT2D eigenvalue weighted by atomic mass is 32.1. The van der Waals surface area contributed by atoms with Gasteiger partial charge in [-0.2, -0.15) is 12.6 Å². The number of hydrogen-bond donors (Lipinski definition) is 2. The number of thiol groups is 1. The van der Waals surface area contributed by atoms with Gasteiger partial charge in [0.1, 0.15) is 12.4 Å². The molecular weight excluding hydrogens is 286 g/mol. The molecule has 1 aromatic heterocycles. The van der Waals surface area contributed by atoms with E-state index < -0.39 is 0 Å². The minimum Gasteiger partial charge on any atom is -0.490 e. The number of likely N-dealkylation sites (tertiary alicyclic amines) is 1. The van der Waals surface area contributed by atoms with Crippen LogP contribution in [0.4, 0.5) is 0 Å². The Morgan fingerprint density at radius 3 is 3.14 bits per heavy atom. The van der Waals surface area contributed by atoms with Crippen molar-refractivity contribution in [3.8, 4) is 5.75 Å². The van der Waals surface area contributed by atoms with Crippen molar-refractivity contribution in [2.24, 2.45) is 0 Å². The lowest BCUT2D eigenvalue weighted by atomic mass is 10.1. The summed E-state index contributed by atoms with van der Waals surface area (Å²) in [6.45, 7) is 2.08. The number of nitrogens with zero attached hydrogens (tertiary/aromatic N) is 2. The second kappa shape index (κ2) is 8.24. The van der Waals surface area contributed by atoms with Crippen molar-refractivity contribution in [2.75, 3.05) is 32.5 Å². The van der Waals surface area contributed by atoms with Crippen LogP contribution in [0.25, 0.3) is 0 Å². The van der Waals surface area contributed by atoms with Gasteiger partial charge in [-0.15, -0.1) is 0 Å². The summed E-state index contributed by atoms with van der Waals surface area (Å²) in [4.78, 5) is 17.9. The molecule has 6 heteroatoms. The summed E-state index contributed by atoms with van der Waals surface area (Å²) in [5, 5.41) is 2.79. The van der Waals surface area contributed by atoms with E-state index in [1.807, 2.05) is 6.20 Å². The number of hydrogen-bond acceptors (Lipinski definition) is 5. The quantitative estimate of drug-likeness (QED) is 0.594. The standard InChI is InChI=1S/C15H23N3O2S/c1-18-6-2-3-14(18)12-9-13(11-16-10-12)20-7-5-17-15(19)4-8-21/h9-11,14,21H,2-8H2,1H3,(H,17,19)/t14-/m0/s1. The zero-order chi connectivity index (χ0) is 15.1. The maximum absolute atomic E-state index is 11.3. The molecule has 1 saturated heterocycles. The molecule has 1 aliphatic heterocycles. The molecule has 1 aliphatic rings. The number of pyridine rings is 1. The third kappa shape index (κ3) is 4.89. The van der Waals surface area contributed by atoms with Crippen molar-refractivity contribution < 1.29 is 9.53 Å². The van der Waals surface area contributed by atoms with Crippen LogP contribution in [0.3, 0.4) is 0 Å². The third-order valence-corrected chi connectivity index (χ3v) is 3.89. The van der Waals surface area contributed by atoms with Crippen LogP contribution < -0.4 is 10.1 Å². The van der Waals surface area contributed by atoms with Crippen molar-refractivity contribution in [1.29, 1.82) is 0 Å². The van der Waals surface area contributed by atoms with Gasteiger partial charge < -0.3 is 10.1 Å². The average Bonchev–Trinajstić information content (AvgIpc) is 2.90. The minimum absolute atomic E-state index is 0.00746. The molecular formula is C15H23N3O2S. The van der Waals surface area contributed by atoms with Gasteiger partial charge in [0.15, 0.2) is 0 Å². The van der Waals surface area contributed by atoms with Gasteiger partial charge in [-0.05, 0) is 43.8 Å². The predicted octanol–water partition coefficient (Wildman–Crippen LogP) is 1.66. The summed E-state index contributed by atoms with van der Waals surface area (Å²) in [5.41, 5.74) is 1.20. The number of amides is 1. The van der Waals surface area contributed by atoms with Crippen molar-refractivity contribution in [3.05, 3.63) is 24.0 Å². The van der Waals surface area contributed by atoms with Crippen molar-refractivity contribution in [2.45, 2.75) is 25.3 Å². The highest BCUT2D eigenvalue weighted by Crippen LogP contribution is 2.31. The van der Waals surface area contributed by atoms with Gasteiger partial charge in [0, 0.05) is 18.7 Å². The Balaban J connectivity index is 1.80. The largest absolute Gasteiger partial charge is 0.490 e. The van der Waals surface area contributed by atoms with Crippen molar-refractivity contribution in [1.82, 2.24) is 15.2 Å². The van der Waals surface area contributed by atoms with Crippen molar-refractivity contribution in [3.63, 3.8) is 0 Å². The molecule has 1 amide bonds. The molecule has 1 atom stereocenters. The van der Waals surface area contributed by atoms with Gasteiger partial charge in [0.05, 0.1) is 12.7 Å². The zero-order valence-electron chi connectivity index (χ0n) is 12.4. The first-order valence-electron chi connectivity index (χ1n) is 7.36. The Labute approximate surface area is 131 Å². The number of ether oxygens (including phenoxy) is 1. The van der Waals surface area contributed by atoms with Gasteiger partial charge in [-0.25, -0.2) is 0 Å². The molecule has 1 N–H and O–H groups in total. The van der Waals surface area contributed by atoms with Crippen LogP contribution in [0.1, 0.15) is 30.9 Å². The summed E-state index contributed by atoms with van der Waals surface area (Å²) in [6.07, 6.45) is 6.46. The first-order chi connectivity index (χ1) is 10.2.